The predicted molar refractivity (Wildman–Crippen MR) is 110 cm³/mol. The molecule has 0 spiro atoms. The molecule has 3 rings (SSSR count). The van der Waals surface area contributed by atoms with Gasteiger partial charge in [0, 0.05) is 37.0 Å². The Morgan fingerprint density at radius 2 is 1.93 bits per heavy atom. The van der Waals surface area contributed by atoms with Gasteiger partial charge in [-0.1, -0.05) is 42.1 Å². The van der Waals surface area contributed by atoms with Gasteiger partial charge in [-0.25, -0.2) is 9.07 Å². The lowest BCUT2D eigenvalue weighted by Crippen LogP contribution is -2.17. The summed E-state index contributed by atoms with van der Waals surface area (Å²) in [6, 6.07) is 12.4. The third kappa shape index (κ3) is 5.91. The molecule has 1 heterocycles. The maximum absolute atomic E-state index is 13.9. The monoisotopic (exact) mass is 417 g/mol. The lowest BCUT2D eigenvalue weighted by molar-refractivity contribution is 0.262. The fourth-order valence-electron chi connectivity index (χ4n) is 2.68. The number of benzene rings is 2. The standard InChI is InChI=1S/C20H24FN5O2S/c1-3-27-18-10-6-8-15(13-22-11-12-29-20-23-24-25-26(20)2)19(18)28-14-16-7-4-5-9-17(16)21/h4-10,22H,3,11-14H2,1-2H3. The highest BCUT2D eigenvalue weighted by Crippen LogP contribution is 2.32. The maximum Gasteiger partial charge on any atom is 0.209 e. The molecule has 0 amide bonds. The second-order valence-corrected chi connectivity index (χ2v) is 7.23. The zero-order valence-electron chi connectivity index (χ0n) is 16.5. The Morgan fingerprint density at radius 1 is 1.10 bits per heavy atom. The number of tetrazole rings is 1. The van der Waals surface area contributed by atoms with Crippen LogP contribution < -0.4 is 14.8 Å². The van der Waals surface area contributed by atoms with Gasteiger partial charge < -0.3 is 14.8 Å². The topological polar surface area (TPSA) is 74.1 Å². The van der Waals surface area contributed by atoms with Crippen LogP contribution in [0.5, 0.6) is 11.5 Å². The zero-order valence-corrected chi connectivity index (χ0v) is 17.3. The molecule has 0 aliphatic rings. The minimum atomic E-state index is -0.281. The minimum absolute atomic E-state index is 0.138. The van der Waals surface area contributed by atoms with Gasteiger partial charge >= 0.3 is 0 Å². The molecule has 0 unspecified atom stereocenters. The summed E-state index contributed by atoms with van der Waals surface area (Å²) in [6.07, 6.45) is 0. The summed E-state index contributed by atoms with van der Waals surface area (Å²) in [4.78, 5) is 0. The molecule has 7 nitrogen and oxygen atoms in total. The van der Waals surface area contributed by atoms with E-state index in [1.807, 2.05) is 32.2 Å². The molecule has 9 heteroatoms. The third-order valence-electron chi connectivity index (χ3n) is 4.10. The zero-order chi connectivity index (χ0) is 20.5. The van der Waals surface area contributed by atoms with E-state index in [1.165, 1.54) is 6.07 Å². The molecule has 29 heavy (non-hydrogen) atoms. The molecule has 0 fully saturated rings. The lowest BCUT2D eigenvalue weighted by atomic mass is 10.1. The van der Waals surface area contributed by atoms with Crippen molar-refractivity contribution in [2.24, 2.45) is 7.05 Å². The van der Waals surface area contributed by atoms with E-state index < -0.39 is 0 Å². The number of hydrogen-bond acceptors (Lipinski definition) is 7. The van der Waals surface area contributed by atoms with Crippen molar-refractivity contribution >= 4 is 11.8 Å². The van der Waals surface area contributed by atoms with E-state index >= 15 is 0 Å². The van der Waals surface area contributed by atoms with Crippen molar-refractivity contribution in [1.29, 1.82) is 0 Å². The number of aryl methyl sites for hydroxylation is 1. The highest BCUT2D eigenvalue weighted by molar-refractivity contribution is 7.99. The molecule has 0 bridgehead atoms. The van der Waals surface area contributed by atoms with Crippen LogP contribution in [0.4, 0.5) is 4.39 Å². The summed E-state index contributed by atoms with van der Waals surface area (Å²) in [5, 5.41) is 15.6. The first-order chi connectivity index (χ1) is 14.2. The minimum Gasteiger partial charge on any atom is -0.490 e. The number of para-hydroxylation sites is 1. The van der Waals surface area contributed by atoms with Crippen LogP contribution in [0.2, 0.25) is 0 Å². The number of nitrogens with zero attached hydrogens (tertiary/aromatic N) is 4. The molecule has 2 aromatic carbocycles. The summed E-state index contributed by atoms with van der Waals surface area (Å²) < 4.78 is 27.3. The van der Waals surface area contributed by atoms with Crippen molar-refractivity contribution in [2.75, 3.05) is 18.9 Å². The van der Waals surface area contributed by atoms with Crippen molar-refractivity contribution in [3.63, 3.8) is 0 Å². The number of rotatable bonds is 11. The molecule has 3 aromatic rings. The smallest absolute Gasteiger partial charge is 0.209 e. The SMILES string of the molecule is CCOc1cccc(CNCCSc2nnnn2C)c1OCc1ccccc1F. The van der Waals surface area contributed by atoms with Crippen LogP contribution in [0.1, 0.15) is 18.1 Å². The highest BCUT2D eigenvalue weighted by atomic mass is 32.2. The third-order valence-corrected chi connectivity index (χ3v) is 5.11. The Morgan fingerprint density at radius 3 is 2.69 bits per heavy atom. The lowest BCUT2D eigenvalue weighted by Gasteiger charge is -2.16. The van der Waals surface area contributed by atoms with Gasteiger partial charge in [0.05, 0.1) is 6.61 Å². The van der Waals surface area contributed by atoms with E-state index in [9.17, 15) is 4.39 Å². The fraction of sp³-hybridized carbons (Fsp3) is 0.350. The molecule has 0 radical (unpaired) electrons. The molecular formula is C20H24FN5O2S. The van der Waals surface area contributed by atoms with Gasteiger partial charge in [-0.15, -0.1) is 5.10 Å². The maximum atomic E-state index is 13.9. The van der Waals surface area contributed by atoms with E-state index in [2.05, 4.69) is 20.8 Å². The summed E-state index contributed by atoms with van der Waals surface area (Å²) in [7, 11) is 1.81. The van der Waals surface area contributed by atoms with Gasteiger partial charge in [0.25, 0.3) is 0 Å². The van der Waals surface area contributed by atoms with Crippen molar-refractivity contribution in [3.8, 4) is 11.5 Å². The van der Waals surface area contributed by atoms with Crippen LogP contribution >= 0.6 is 11.8 Å². The first-order valence-electron chi connectivity index (χ1n) is 9.35. The van der Waals surface area contributed by atoms with Gasteiger partial charge in [-0.3, -0.25) is 0 Å². The van der Waals surface area contributed by atoms with E-state index in [-0.39, 0.29) is 12.4 Å². The predicted octanol–water partition coefficient (Wildman–Crippen LogP) is 3.21. The summed E-state index contributed by atoms with van der Waals surface area (Å²) in [6.45, 7) is 3.95. The number of hydrogen-bond donors (Lipinski definition) is 1. The first kappa shape index (κ1) is 21.1. The van der Waals surface area contributed by atoms with Crippen LogP contribution in [0, 0.1) is 5.82 Å². The van der Waals surface area contributed by atoms with Crippen LogP contribution in [0.15, 0.2) is 47.6 Å². The number of thioether (sulfide) groups is 1. The number of halogens is 1. The number of ether oxygens (including phenoxy) is 2. The summed E-state index contributed by atoms with van der Waals surface area (Å²) in [5.41, 5.74) is 1.46. The van der Waals surface area contributed by atoms with Gasteiger partial charge in [0.15, 0.2) is 11.5 Å². The van der Waals surface area contributed by atoms with Gasteiger partial charge in [-0.05, 0) is 29.5 Å². The highest BCUT2D eigenvalue weighted by Gasteiger charge is 2.12. The van der Waals surface area contributed by atoms with Crippen molar-refractivity contribution in [2.45, 2.75) is 25.2 Å². The van der Waals surface area contributed by atoms with Crippen LogP contribution in [-0.4, -0.2) is 39.1 Å². The van der Waals surface area contributed by atoms with Crippen molar-refractivity contribution < 1.29 is 13.9 Å². The summed E-state index contributed by atoms with van der Waals surface area (Å²) >= 11 is 1.58. The fourth-order valence-corrected chi connectivity index (χ4v) is 3.43. The summed E-state index contributed by atoms with van der Waals surface area (Å²) in [5.74, 6) is 1.83. The van der Waals surface area contributed by atoms with Gasteiger partial charge in [0.1, 0.15) is 12.4 Å². The first-order valence-corrected chi connectivity index (χ1v) is 10.3. The molecule has 1 aromatic heterocycles. The average molecular weight is 418 g/mol. The Labute approximate surface area is 173 Å². The Balaban J connectivity index is 1.60. The van der Waals surface area contributed by atoms with Crippen LogP contribution in [0.25, 0.3) is 0 Å². The Kier molecular flexibility index (Phi) is 7.83. The molecule has 0 saturated heterocycles. The molecule has 0 aliphatic carbocycles. The Bertz CT molecular complexity index is 921. The van der Waals surface area contributed by atoms with E-state index in [1.54, 1.807) is 34.6 Å². The normalized spacial score (nSPS) is 10.9. The largest absolute Gasteiger partial charge is 0.490 e. The van der Waals surface area contributed by atoms with E-state index in [0.717, 1.165) is 23.0 Å². The molecule has 154 valence electrons. The molecule has 1 N–H and O–H groups in total. The number of aromatic nitrogens is 4. The van der Waals surface area contributed by atoms with Crippen LogP contribution in [0.3, 0.4) is 0 Å². The van der Waals surface area contributed by atoms with E-state index in [0.29, 0.717) is 30.2 Å². The second kappa shape index (κ2) is 10.8. The van der Waals surface area contributed by atoms with Gasteiger partial charge in [0.2, 0.25) is 5.16 Å². The van der Waals surface area contributed by atoms with E-state index in [4.69, 9.17) is 9.47 Å². The second-order valence-electron chi connectivity index (χ2n) is 6.17. The molecule has 0 aliphatic heterocycles. The molecular weight excluding hydrogens is 393 g/mol. The number of nitrogens with one attached hydrogen (secondary N) is 1. The quantitative estimate of drug-likeness (QED) is 0.379. The van der Waals surface area contributed by atoms with Crippen molar-refractivity contribution in [3.05, 3.63) is 59.4 Å². The van der Waals surface area contributed by atoms with Crippen molar-refractivity contribution in [1.82, 2.24) is 25.5 Å². The average Bonchev–Trinajstić information content (AvgIpc) is 3.13. The molecule has 0 saturated carbocycles. The van der Waals surface area contributed by atoms with Crippen LogP contribution in [-0.2, 0) is 20.2 Å². The molecule has 0 atom stereocenters. The Hall–Kier alpha value is -2.65. The van der Waals surface area contributed by atoms with Gasteiger partial charge in [-0.2, -0.15) is 0 Å².